The first-order valence-corrected chi connectivity index (χ1v) is 8.18. The van der Waals surface area contributed by atoms with Crippen molar-refractivity contribution < 1.29 is 19.1 Å². The van der Waals surface area contributed by atoms with Gasteiger partial charge < -0.3 is 9.47 Å². The topological polar surface area (TPSA) is 89.9 Å². The highest BCUT2D eigenvalue weighted by molar-refractivity contribution is 6.37. The average Bonchev–Trinajstić information content (AvgIpc) is 2.61. The fourth-order valence-electron chi connectivity index (χ4n) is 1.76. The van der Waals surface area contributed by atoms with Crippen molar-refractivity contribution in [1.82, 2.24) is 10.4 Å². The maximum absolute atomic E-state index is 12.0. The molecular formula is C16H12Cl3N3O4. The Kier molecular flexibility index (Phi) is 7.20. The number of hydrazone groups is 1. The van der Waals surface area contributed by atoms with Crippen LogP contribution in [0.5, 0.6) is 5.75 Å². The Morgan fingerprint density at radius 1 is 1.27 bits per heavy atom. The molecule has 1 aromatic heterocycles. The molecule has 0 atom stereocenters. The van der Waals surface area contributed by atoms with Crippen molar-refractivity contribution in [2.75, 3.05) is 13.7 Å². The van der Waals surface area contributed by atoms with E-state index in [9.17, 15) is 9.59 Å². The Hall–Kier alpha value is -2.35. The summed E-state index contributed by atoms with van der Waals surface area (Å²) in [5.41, 5.74) is 3.01. The van der Waals surface area contributed by atoms with Gasteiger partial charge in [0.25, 0.3) is 5.91 Å². The molecule has 26 heavy (non-hydrogen) atoms. The highest BCUT2D eigenvalue weighted by Crippen LogP contribution is 2.33. The van der Waals surface area contributed by atoms with Crippen molar-refractivity contribution in [3.63, 3.8) is 0 Å². The number of methoxy groups -OCH3 is 1. The predicted molar refractivity (Wildman–Crippen MR) is 98.3 cm³/mol. The summed E-state index contributed by atoms with van der Waals surface area (Å²) in [6.45, 7) is -0.328. The van der Waals surface area contributed by atoms with Crippen molar-refractivity contribution in [2.24, 2.45) is 5.10 Å². The number of nitrogens with one attached hydrogen (secondary N) is 1. The summed E-state index contributed by atoms with van der Waals surface area (Å²) < 4.78 is 9.69. The summed E-state index contributed by atoms with van der Waals surface area (Å²) >= 11 is 18.0. The van der Waals surface area contributed by atoms with Crippen LogP contribution in [0.3, 0.4) is 0 Å². The van der Waals surface area contributed by atoms with E-state index in [1.807, 2.05) is 0 Å². The first-order valence-electron chi connectivity index (χ1n) is 7.05. The first kappa shape index (κ1) is 20.0. The number of carbonyl (C=O) groups excluding carboxylic acids is 2. The lowest BCUT2D eigenvalue weighted by molar-refractivity contribution is -0.142. The van der Waals surface area contributed by atoms with Gasteiger partial charge >= 0.3 is 5.97 Å². The van der Waals surface area contributed by atoms with E-state index in [1.54, 1.807) is 6.07 Å². The van der Waals surface area contributed by atoms with E-state index in [1.165, 1.54) is 37.7 Å². The molecule has 0 saturated heterocycles. The number of aromatic nitrogens is 1. The number of rotatable bonds is 6. The minimum atomic E-state index is -0.570. The number of nitrogens with zero attached hydrogens (tertiary/aromatic N) is 2. The van der Waals surface area contributed by atoms with Crippen LogP contribution in [0, 0.1) is 0 Å². The minimum absolute atomic E-state index is 0.0680. The van der Waals surface area contributed by atoms with E-state index in [4.69, 9.17) is 39.5 Å². The molecule has 136 valence electrons. The van der Waals surface area contributed by atoms with Gasteiger partial charge in [-0.3, -0.25) is 4.79 Å². The van der Waals surface area contributed by atoms with Crippen molar-refractivity contribution in [1.29, 1.82) is 0 Å². The second kappa shape index (κ2) is 9.38. The number of benzene rings is 1. The molecule has 1 N–H and O–H groups in total. The molecule has 10 heteroatoms. The normalized spacial score (nSPS) is 10.6. The van der Waals surface area contributed by atoms with Gasteiger partial charge in [-0.2, -0.15) is 5.10 Å². The fraction of sp³-hybridized carbons (Fsp3) is 0.125. The van der Waals surface area contributed by atoms with Gasteiger partial charge in [0.15, 0.2) is 12.4 Å². The quantitative estimate of drug-likeness (QED) is 0.337. The third-order valence-electron chi connectivity index (χ3n) is 2.97. The maximum Gasteiger partial charge on any atom is 0.343 e. The molecule has 1 amide bonds. The number of halogens is 3. The number of hydrogen-bond donors (Lipinski definition) is 1. The van der Waals surface area contributed by atoms with Crippen LogP contribution in [0.4, 0.5) is 0 Å². The van der Waals surface area contributed by atoms with Gasteiger partial charge in [0.05, 0.1) is 28.9 Å². The van der Waals surface area contributed by atoms with Gasteiger partial charge in [0.1, 0.15) is 5.15 Å². The predicted octanol–water partition coefficient (Wildman–Crippen LogP) is 3.36. The van der Waals surface area contributed by atoms with E-state index in [2.05, 4.69) is 20.2 Å². The Morgan fingerprint density at radius 3 is 2.58 bits per heavy atom. The molecule has 0 aliphatic heterocycles. The summed E-state index contributed by atoms with van der Waals surface area (Å²) in [4.78, 5) is 26.9. The van der Waals surface area contributed by atoms with Gasteiger partial charge in [0, 0.05) is 6.20 Å². The Bertz CT molecular complexity index is 835. The number of ether oxygens (including phenoxy) is 2. The van der Waals surface area contributed by atoms with Crippen molar-refractivity contribution >= 4 is 52.9 Å². The van der Waals surface area contributed by atoms with E-state index < -0.39 is 11.9 Å². The summed E-state index contributed by atoms with van der Waals surface area (Å²) in [5, 5.41) is 4.22. The van der Waals surface area contributed by atoms with E-state index >= 15 is 0 Å². The number of pyridine rings is 1. The van der Waals surface area contributed by atoms with E-state index in [-0.39, 0.29) is 33.1 Å². The summed E-state index contributed by atoms with van der Waals surface area (Å²) in [6.07, 6.45) is 2.81. The first-order chi connectivity index (χ1) is 12.4. The number of hydrogen-bond acceptors (Lipinski definition) is 6. The van der Waals surface area contributed by atoms with Crippen molar-refractivity contribution in [3.05, 3.63) is 56.8 Å². The van der Waals surface area contributed by atoms with Crippen LogP contribution >= 0.6 is 34.8 Å². The highest BCUT2D eigenvalue weighted by Gasteiger charge is 2.12. The molecular weight excluding hydrogens is 405 g/mol. The molecule has 0 saturated carbocycles. The number of amides is 1. The molecule has 2 aromatic rings. The molecule has 0 unspecified atom stereocenters. The molecule has 0 bridgehead atoms. The van der Waals surface area contributed by atoms with Gasteiger partial charge in [-0.05, 0) is 29.8 Å². The molecule has 2 rings (SSSR count). The summed E-state index contributed by atoms with van der Waals surface area (Å²) in [6, 6.07) is 6.11. The molecule has 1 aromatic carbocycles. The third kappa shape index (κ3) is 5.32. The van der Waals surface area contributed by atoms with Crippen LogP contribution in [0.1, 0.15) is 15.9 Å². The Labute approximate surface area is 163 Å². The van der Waals surface area contributed by atoms with Crippen LogP contribution in [-0.2, 0) is 9.53 Å². The van der Waals surface area contributed by atoms with Crippen LogP contribution in [0.2, 0.25) is 15.2 Å². The zero-order chi connectivity index (χ0) is 19.1. The van der Waals surface area contributed by atoms with Crippen LogP contribution in [-0.4, -0.2) is 36.8 Å². The zero-order valence-corrected chi connectivity index (χ0v) is 15.6. The maximum atomic E-state index is 12.0. The lowest BCUT2D eigenvalue weighted by atomic mass is 10.2. The molecule has 0 fully saturated rings. The lowest BCUT2D eigenvalue weighted by Crippen LogP contribution is -2.18. The molecule has 0 aliphatic rings. The standard InChI is InChI=1S/C16H12Cl3N3O4/c1-25-13(23)8-26-14-11(17)5-9(6-12(14)18)7-21-22-16(24)10-3-2-4-20-15(10)19/h2-7H,8H2,1H3,(H,22,24). The van der Waals surface area contributed by atoms with Crippen LogP contribution < -0.4 is 10.2 Å². The number of carbonyl (C=O) groups is 2. The summed E-state index contributed by atoms with van der Waals surface area (Å²) in [5.74, 6) is -0.948. The Morgan fingerprint density at radius 2 is 1.96 bits per heavy atom. The van der Waals surface area contributed by atoms with Gasteiger partial charge in [0.2, 0.25) is 0 Å². The lowest BCUT2D eigenvalue weighted by Gasteiger charge is -2.09. The summed E-state index contributed by atoms with van der Waals surface area (Å²) in [7, 11) is 1.24. The smallest absolute Gasteiger partial charge is 0.343 e. The third-order valence-corrected chi connectivity index (χ3v) is 3.83. The molecule has 1 heterocycles. The van der Waals surface area contributed by atoms with E-state index in [0.29, 0.717) is 5.56 Å². The zero-order valence-electron chi connectivity index (χ0n) is 13.3. The van der Waals surface area contributed by atoms with Crippen molar-refractivity contribution in [2.45, 2.75) is 0 Å². The van der Waals surface area contributed by atoms with E-state index in [0.717, 1.165) is 0 Å². The number of esters is 1. The van der Waals surface area contributed by atoms with Gasteiger partial charge in [-0.1, -0.05) is 34.8 Å². The molecule has 0 aliphatic carbocycles. The monoisotopic (exact) mass is 415 g/mol. The molecule has 0 spiro atoms. The molecule has 0 radical (unpaired) electrons. The second-order valence-electron chi connectivity index (χ2n) is 4.72. The minimum Gasteiger partial charge on any atom is -0.479 e. The Balaban J connectivity index is 2.05. The molecule has 7 nitrogen and oxygen atoms in total. The van der Waals surface area contributed by atoms with Crippen molar-refractivity contribution in [3.8, 4) is 5.75 Å². The second-order valence-corrected chi connectivity index (χ2v) is 5.89. The fourth-order valence-corrected chi connectivity index (χ4v) is 2.58. The SMILES string of the molecule is COC(=O)COc1c(Cl)cc(C=NNC(=O)c2cccnc2Cl)cc1Cl. The van der Waals surface area contributed by atoms with Crippen LogP contribution in [0.25, 0.3) is 0 Å². The highest BCUT2D eigenvalue weighted by atomic mass is 35.5. The van der Waals surface area contributed by atoms with Gasteiger partial charge in [-0.25, -0.2) is 15.2 Å². The largest absolute Gasteiger partial charge is 0.479 e. The van der Waals surface area contributed by atoms with Crippen LogP contribution in [0.15, 0.2) is 35.6 Å². The average molecular weight is 417 g/mol. The van der Waals surface area contributed by atoms with Gasteiger partial charge in [-0.15, -0.1) is 0 Å².